The Balaban J connectivity index is 1.89. The molecule has 0 bridgehead atoms. The average Bonchev–Trinajstić information content (AvgIpc) is 3.15. The first-order chi connectivity index (χ1) is 13.3. The number of hydrogen-bond donors (Lipinski definition) is 0. The number of nitrogens with zero attached hydrogens (tertiary/aromatic N) is 3. The lowest BCUT2D eigenvalue weighted by Crippen LogP contribution is -2.31. The van der Waals surface area contributed by atoms with Crippen LogP contribution in [0.2, 0.25) is 0 Å². The summed E-state index contributed by atoms with van der Waals surface area (Å²) in [4.78, 5) is 14.9. The van der Waals surface area contributed by atoms with Crippen LogP contribution in [0.3, 0.4) is 0 Å². The second-order valence-electron chi connectivity index (χ2n) is 7.99. The van der Waals surface area contributed by atoms with Gasteiger partial charge in [-0.1, -0.05) is 75.4 Å². The highest BCUT2D eigenvalue weighted by atomic mass is 32.1. The Bertz CT molecular complexity index is 954. The number of amides is 1. The van der Waals surface area contributed by atoms with Crippen molar-refractivity contribution >= 4 is 22.4 Å². The van der Waals surface area contributed by atoms with Gasteiger partial charge in [0, 0.05) is 17.7 Å². The van der Waals surface area contributed by atoms with E-state index in [1.54, 1.807) is 4.90 Å². The van der Waals surface area contributed by atoms with Gasteiger partial charge < -0.3 is 0 Å². The van der Waals surface area contributed by atoms with Crippen molar-refractivity contribution in [1.82, 2.24) is 10.2 Å². The van der Waals surface area contributed by atoms with Crippen LogP contribution in [0.5, 0.6) is 0 Å². The summed E-state index contributed by atoms with van der Waals surface area (Å²) in [7, 11) is 0. The number of anilines is 1. The van der Waals surface area contributed by atoms with Crippen LogP contribution in [0.4, 0.5) is 5.13 Å². The second-order valence-corrected chi connectivity index (χ2v) is 8.94. The molecule has 0 radical (unpaired) electrons. The summed E-state index contributed by atoms with van der Waals surface area (Å²) in [6.07, 6.45) is 0.852. The van der Waals surface area contributed by atoms with Crippen LogP contribution < -0.4 is 4.90 Å². The Morgan fingerprint density at radius 3 is 2.32 bits per heavy atom. The summed E-state index contributed by atoms with van der Waals surface area (Å²) < 4.78 is 0. The van der Waals surface area contributed by atoms with Crippen molar-refractivity contribution in [1.29, 1.82) is 0 Å². The first kappa shape index (κ1) is 20.2. The fraction of sp³-hybridized carbons (Fsp3) is 0.348. The molecule has 0 unspecified atom stereocenters. The normalized spacial score (nSPS) is 11.5. The van der Waals surface area contributed by atoms with E-state index in [4.69, 9.17) is 0 Å². The Morgan fingerprint density at radius 1 is 1.04 bits per heavy atom. The van der Waals surface area contributed by atoms with E-state index in [2.05, 4.69) is 50.9 Å². The van der Waals surface area contributed by atoms with Crippen LogP contribution in [0.25, 0.3) is 10.6 Å². The molecule has 1 amide bonds. The molecule has 1 aromatic heterocycles. The van der Waals surface area contributed by atoms with Gasteiger partial charge in [-0.15, -0.1) is 10.2 Å². The van der Waals surface area contributed by atoms with E-state index in [0.717, 1.165) is 22.6 Å². The van der Waals surface area contributed by atoms with E-state index in [0.29, 0.717) is 17.2 Å². The minimum absolute atomic E-state index is 0.0326. The summed E-state index contributed by atoms with van der Waals surface area (Å²) in [6, 6.07) is 16.0. The van der Waals surface area contributed by atoms with Crippen molar-refractivity contribution < 1.29 is 4.79 Å². The Kier molecular flexibility index (Phi) is 5.94. The molecular formula is C23H27N3OS. The Labute approximate surface area is 171 Å². The number of carbonyl (C=O) groups excluding carboxylic acids is 1. The van der Waals surface area contributed by atoms with Crippen molar-refractivity contribution in [3.8, 4) is 10.6 Å². The van der Waals surface area contributed by atoms with Crippen LogP contribution in [-0.2, 0) is 5.41 Å². The third-order valence-electron chi connectivity index (χ3n) is 4.71. The molecule has 146 valence electrons. The van der Waals surface area contributed by atoms with Gasteiger partial charge in [-0.3, -0.25) is 9.69 Å². The smallest absolute Gasteiger partial charge is 0.260 e. The molecule has 4 nitrogen and oxygen atoms in total. The third-order valence-corrected chi connectivity index (χ3v) is 5.69. The van der Waals surface area contributed by atoms with Crippen LogP contribution >= 0.6 is 11.3 Å². The molecule has 0 saturated heterocycles. The molecule has 3 rings (SSSR count). The third kappa shape index (κ3) is 4.30. The van der Waals surface area contributed by atoms with Gasteiger partial charge in [0.2, 0.25) is 5.13 Å². The summed E-state index contributed by atoms with van der Waals surface area (Å²) >= 11 is 1.46. The molecule has 28 heavy (non-hydrogen) atoms. The van der Waals surface area contributed by atoms with Gasteiger partial charge in [0.25, 0.3) is 5.91 Å². The maximum absolute atomic E-state index is 13.2. The zero-order chi connectivity index (χ0) is 20.3. The van der Waals surface area contributed by atoms with E-state index in [-0.39, 0.29) is 11.3 Å². The lowest BCUT2D eigenvalue weighted by Gasteiger charge is -2.21. The van der Waals surface area contributed by atoms with E-state index in [1.165, 1.54) is 16.9 Å². The molecular weight excluding hydrogens is 366 g/mol. The molecule has 0 N–H and O–H groups in total. The van der Waals surface area contributed by atoms with Crippen molar-refractivity contribution in [3.63, 3.8) is 0 Å². The largest absolute Gasteiger partial charge is 0.283 e. The molecule has 0 atom stereocenters. The predicted molar refractivity (Wildman–Crippen MR) is 117 cm³/mol. The van der Waals surface area contributed by atoms with E-state index in [1.807, 2.05) is 42.5 Å². The SMILES string of the molecule is CCCN(C(=O)c1ccc(C(C)(C)C)cc1)c1nnc(-c2ccccc2C)s1. The Morgan fingerprint density at radius 2 is 1.71 bits per heavy atom. The molecule has 0 saturated carbocycles. The molecule has 0 fully saturated rings. The first-order valence-electron chi connectivity index (χ1n) is 9.63. The standard InChI is InChI=1S/C23H27N3OS/c1-6-15-26(21(27)17-11-13-18(14-12-17)23(3,4)5)22-25-24-20(28-22)19-10-8-7-9-16(19)2/h7-14H,6,15H2,1-5H3. The summed E-state index contributed by atoms with van der Waals surface area (Å²) in [5.41, 5.74) is 4.16. The topological polar surface area (TPSA) is 46.1 Å². The number of rotatable bonds is 5. The number of aryl methyl sites for hydroxylation is 1. The van der Waals surface area contributed by atoms with Crippen LogP contribution in [0, 0.1) is 6.92 Å². The molecule has 1 heterocycles. The van der Waals surface area contributed by atoms with Crippen LogP contribution in [-0.4, -0.2) is 22.6 Å². The van der Waals surface area contributed by atoms with Gasteiger partial charge in [-0.2, -0.15) is 0 Å². The average molecular weight is 394 g/mol. The van der Waals surface area contributed by atoms with Crippen molar-refractivity contribution in [2.45, 2.75) is 46.5 Å². The quantitative estimate of drug-likeness (QED) is 0.545. The molecule has 2 aromatic carbocycles. The maximum atomic E-state index is 13.2. The maximum Gasteiger partial charge on any atom is 0.260 e. The number of benzene rings is 2. The van der Waals surface area contributed by atoms with E-state index >= 15 is 0 Å². The highest BCUT2D eigenvalue weighted by Gasteiger charge is 2.22. The highest BCUT2D eigenvalue weighted by molar-refractivity contribution is 7.18. The minimum Gasteiger partial charge on any atom is -0.283 e. The molecule has 0 aliphatic rings. The predicted octanol–water partition coefficient (Wildman–Crippen LogP) is 5.87. The van der Waals surface area contributed by atoms with Gasteiger partial charge in [0.1, 0.15) is 5.01 Å². The van der Waals surface area contributed by atoms with Crippen LogP contribution in [0.1, 0.15) is 55.6 Å². The fourth-order valence-electron chi connectivity index (χ4n) is 3.02. The molecule has 3 aromatic rings. The van der Waals surface area contributed by atoms with Gasteiger partial charge in [-0.25, -0.2) is 0 Å². The van der Waals surface area contributed by atoms with Crippen molar-refractivity contribution in [2.75, 3.05) is 11.4 Å². The fourth-order valence-corrected chi connectivity index (χ4v) is 3.98. The molecule has 5 heteroatoms. The van der Waals surface area contributed by atoms with Crippen molar-refractivity contribution in [3.05, 3.63) is 65.2 Å². The van der Waals surface area contributed by atoms with Gasteiger partial charge in [0.15, 0.2) is 0 Å². The van der Waals surface area contributed by atoms with Gasteiger partial charge in [-0.05, 0) is 42.0 Å². The van der Waals surface area contributed by atoms with Crippen LogP contribution in [0.15, 0.2) is 48.5 Å². The van der Waals surface area contributed by atoms with E-state index in [9.17, 15) is 4.79 Å². The minimum atomic E-state index is -0.0326. The number of aromatic nitrogens is 2. The van der Waals surface area contributed by atoms with Gasteiger partial charge in [0.05, 0.1) is 0 Å². The number of carbonyl (C=O) groups is 1. The summed E-state index contributed by atoms with van der Waals surface area (Å²) in [5.74, 6) is -0.0326. The summed E-state index contributed by atoms with van der Waals surface area (Å²) in [6.45, 7) is 11.2. The monoisotopic (exact) mass is 393 g/mol. The Hall–Kier alpha value is -2.53. The molecule has 0 spiro atoms. The zero-order valence-corrected chi connectivity index (χ0v) is 18.0. The number of hydrogen-bond acceptors (Lipinski definition) is 4. The van der Waals surface area contributed by atoms with E-state index < -0.39 is 0 Å². The zero-order valence-electron chi connectivity index (χ0n) is 17.2. The highest BCUT2D eigenvalue weighted by Crippen LogP contribution is 2.31. The second kappa shape index (κ2) is 8.23. The van der Waals surface area contributed by atoms with Gasteiger partial charge >= 0.3 is 0 Å². The molecule has 0 aliphatic heterocycles. The van der Waals surface area contributed by atoms with Crippen molar-refractivity contribution in [2.24, 2.45) is 0 Å². The molecule has 0 aliphatic carbocycles. The lowest BCUT2D eigenvalue weighted by molar-refractivity contribution is 0.0986. The summed E-state index contributed by atoms with van der Waals surface area (Å²) in [5, 5.41) is 10.2. The lowest BCUT2D eigenvalue weighted by atomic mass is 9.86. The first-order valence-corrected chi connectivity index (χ1v) is 10.4.